The van der Waals surface area contributed by atoms with Crippen LogP contribution in [0.25, 0.3) is 0 Å². The molecule has 3 unspecified atom stereocenters. The summed E-state index contributed by atoms with van der Waals surface area (Å²) in [6.45, 7) is 28.6. The number of hydrogen-bond acceptors (Lipinski definition) is 4. The van der Waals surface area contributed by atoms with E-state index in [9.17, 15) is 0 Å². The van der Waals surface area contributed by atoms with Crippen LogP contribution >= 0.6 is 0 Å². The van der Waals surface area contributed by atoms with Crippen molar-refractivity contribution >= 4 is 0 Å². The van der Waals surface area contributed by atoms with Gasteiger partial charge >= 0.3 is 0 Å². The van der Waals surface area contributed by atoms with Crippen LogP contribution < -0.4 is 16.0 Å². The highest BCUT2D eigenvalue weighted by molar-refractivity contribution is 4.70. The van der Waals surface area contributed by atoms with Crippen molar-refractivity contribution in [2.75, 3.05) is 45.8 Å². The lowest BCUT2D eigenvalue weighted by Crippen LogP contribution is -2.43. The lowest BCUT2D eigenvalue weighted by molar-refractivity contribution is 0.258. The average molecular weight is 413 g/mol. The van der Waals surface area contributed by atoms with Gasteiger partial charge in [-0.15, -0.1) is 0 Å². The molecule has 0 aliphatic rings. The van der Waals surface area contributed by atoms with Gasteiger partial charge in [0, 0.05) is 51.4 Å². The molecule has 0 saturated heterocycles. The Morgan fingerprint density at radius 3 is 1.38 bits per heavy atom. The normalized spacial score (nSPS) is 15.6. The molecule has 0 spiro atoms. The Kier molecular flexibility index (Phi) is 17.4. The summed E-state index contributed by atoms with van der Waals surface area (Å²) in [6, 6.07) is 1.21. The first kappa shape index (κ1) is 28.8. The summed E-state index contributed by atoms with van der Waals surface area (Å²) >= 11 is 0. The Morgan fingerprint density at radius 2 is 0.966 bits per heavy atom. The monoisotopic (exact) mass is 412 g/mol. The predicted octanol–water partition coefficient (Wildman–Crippen LogP) is 4.61. The lowest BCUT2D eigenvalue weighted by atomic mass is 9.99. The standard InChI is InChI=1S/C25H56N4/c1-20(2)16-23(7)19-26-10-13-29(14-11-27-24(8)17-21(3)4)15-12-28-25(9)18-22(5)6/h20-28H,10-19H2,1-9H3. The number of nitrogens with one attached hydrogen (secondary N) is 3. The van der Waals surface area contributed by atoms with E-state index in [1.807, 2.05) is 0 Å². The first-order chi connectivity index (χ1) is 13.6. The Hall–Kier alpha value is -0.160. The van der Waals surface area contributed by atoms with E-state index < -0.39 is 0 Å². The SMILES string of the molecule is CC(C)CC(C)CNCCN(CCNC(C)CC(C)C)CCNC(C)CC(C)C. The molecule has 0 radical (unpaired) electrons. The van der Waals surface area contributed by atoms with Crippen molar-refractivity contribution < 1.29 is 0 Å². The molecule has 4 heteroatoms. The molecule has 3 atom stereocenters. The van der Waals surface area contributed by atoms with Gasteiger partial charge in [-0.1, -0.05) is 48.5 Å². The first-order valence-corrected chi connectivity index (χ1v) is 12.5. The second-order valence-electron chi connectivity index (χ2n) is 10.7. The number of nitrogens with zero attached hydrogens (tertiary/aromatic N) is 1. The van der Waals surface area contributed by atoms with E-state index in [2.05, 4.69) is 83.2 Å². The highest BCUT2D eigenvalue weighted by Crippen LogP contribution is 2.09. The smallest absolute Gasteiger partial charge is 0.0108 e. The predicted molar refractivity (Wildman–Crippen MR) is 132 cm³/mol. The highest BCUT2D eigenvalue weighted by atomic mass is 15.2. The van der Waals surface area contributed by atoms with Crippen molar-refractivity contribution in [3.63, 3.8) is 0 Å². The van der Waals surface area contributed by atoms with Crippen molar-refractivity contribution in [2.24, 2.45) is 23.7 Å². The van der Waals surface area contributed by atoms with Gasteiger partial charge in [0.15, 0.2) is 0 Å². The topological polar surface area (TPSA) is 39.3 Å². The molecule has 0 fully saturated rings. The van der Waals surface area contributed by atoms with Gasteiger partial charge in [0.2, 0.25) is 0 Å². The second kappa shape index (κ2) is 17.5. The third-order valence-corrected chi connectivity index (χ3v) is 5.46. The Labute approximate surface area is 184 Å². The van der Waals surface area contributed by atoms with Crippen LogP contribution in [0.2, 0.25) is 0 Å². The van der Waals surface area contributed by atoms with Crippen LogP contribution in [0.4, 0.5) is 0 Å². The van der Waals surface area contributed by atoms with Gasteiger partial charge in [0.1, 0.15) is 0 Å². The van der Waals surface area contributed by atoms with Crippen molar-refractivity contribution in [1.29, 1.82) is 0 Å². The summed E-state index contributed by atoms with van der Waals surface area (Å²) in [4.78, 5) is 2.62. The molecular weight excluding hydrogens is 356 g/mol. The quantitative estimate of drug-likeness (QED) is 0.271. The Balaban J connectivity index is 4.25. The number of rotatable bonds is 19. The van der Waals surface area contributed by atoms with Crippen molar-refractivity contribution in [1.82, 2.24) is 20.9 Å². The molecule has 0 aromatic heterocycles. The van der Waals surface area contributed by atoms with E-state index in [0.29, 0.717) is 12.1 Å². The van der Waals surface area contributed by atoms with Crippen LogP contribution in [-0.2, 0) is 0 Å². The van der Waals surface area contributed by atoms with Crippen LogP contribution in [0, 0.1) is 23.7 Å². The summed E-state index contributed by atoms with van der Waals surface area (Å²) in [7, 11) is 0. The average Bonchev–Trinajstić information content (AvgIpc) is 2.56. The molecule has 176 valence electrons. The fourth-order valence-electron chi connectivity index (χ4n) is 4.33. The fourth-order valence-corrected chi connectivity index (χ4v) is 4.33. The molecule has 0 saturated carbocycles. The summed E-state index contributed by atoms with van der Waals surface area (Å²) in [5.41, 5.74) is 0. The summed E-state index contributed by atoms with van der Waals surface area (Å²) in [6.07, 6.45) is 3.82. The maximum Gasteiger partial charge on any atom is 0.0108 e. The fraction of sp³-hybridized carbons (Fsp3) is 1.00. The zero-order chi connectivity index (χ0) is 22.2. The zero-order valence-corrected chi connectivity index (χ0v) is 21.5. The molecular formula is C25H56N4. The van der Waals surface area contributed by atoms with Gasteiger partial charge in [-0.3, -0.25) is 4.90 Å². The van der Waals surface area contributed by atoms with Crippen molar-refractivity contribution in [3.05, 3.63) is 0 Å². The molecule has 0 heterocycles. The van der Waals surface area contributed by atoms with Gasteiger partial charge in [0.25, 0.3) is 0 Å². The summed E-state index contributed by atoms with van der Waals surface area (Å²) < 4.78 is 0. The van der Waals surface area contributed by atoms with Gasteiger partial charge in [-0.05, 0) is 63.3 Å². The maximum absolute atomic E-state index is 3.72. The third-order valence-electron chi connectivity index (χ3n) is 5.46. The molecule has 3 N–H and O–H groups in total. The molecule has 0 bridgehead atoms. The molecule has 0 rings (SSSR count). The van der Waals surface area contributed by atoms with Crippen LogP contribution in [0.3, 0.4) is 0 Å². The van der Waals surface area contributed by atoms with Gasteiger partial charge in [0.05, 0.1) is 0 Å². The summed E-state index contributed by atoms with van der Waals surface area (Å²) in [5, 5.41) is 11.1. The van der Waals surface area contributed by atoms with E-state index in [-0.39, 0.29) is 0 Å². The minimum Gasteiger partial charge on any atom is -0.315 e. The van der Waals surface area contributed by atoms with Gasteiger partial charge < -0.3 is 16.0 Å². The molecule has 0 amide bonds. The second-order valence-corrected chi connectivity index (χ2v) is 10.7. The van der Waals surface area contributed by atoms with Crippen LogP contribution in [0.5, 0.6) is 0 Å². The largest absolute Gasteiger partial charge is 0.315 e. The zero-order valence-electron chi connectivity index (χ0n) is 21.5. The minimum absolute atomic E-state index is 0.607. The van der Waals surface area contributed by atoms with Crippen LogP contribution in [-0.4, -0.2) is 62.8 Å². The molecule has 4 nitrogen and oxygen atoms in total. The van der Waals surface area contributed by atoms with E-state index in [4.69, 9.17) is 0 Å². The number of hydrogen-bond donors (Lipinski definition) is 3. The van der Waals surface area contributed by atoms with E-state index in [1.165, 1.54) is 19.3 Å². The molecule has 0 aliphatic heterocycles. The van der Waals surface area contributed by atoms with Gasteiger partial charge in [-0.2, -0.15) is 0 Å². The highest BCUT2D eigenvalue weighted by Gasteiger charge is 2.10. The first-order valence-electron chi connectivity index (χ1n) is 12.5. The summed E-state index contributed by atoms with van der Waals surface area (Å²) in [5.74, 6) is 3.08. The Morgan fingerprint density at radius 1 is 0.552 bits per heavy atom. The van der Waals surface area contributed by atoms with Crippen molar-refractivity contribution in [3.8, 4) is 0 Å². The molecule has 0 aromatic carbocycles. The minimum atomic E-state index is 0.607. The van der Waals surface area contributed by atoms with Gasteiger partial charge in [-0.25, -0.2) is 0 Å². The van der Waals surface area contributed by atoms with Crippen LogP contribution in [0.15, 0.2) is 0 Å². The molecule has 0 aromatic rings. The maximum atomic E-state index is 3.72. The molecule has 0 aliphatic carbocycles. The van der Waals surface area contributed by atoms with E-state index in [1.54, 1.807) is 0 Å². The third kappa shape index (κ3) is 19.5. The van der Waals surface area contributed by atoms with E-state index >= 15 is 0 Å². The van der Waals surface area contributed by atoms with Crippen molar-refractivity contribution in [2.45, 2.75) is 93.7 Å². The molecule has 29 heavy (non-hydrogen) atoms. The lowest BCUT2D eigenvalue weighted by Gasteiger charge is -2.26. The van der Waals surface area contributed by atoms with E-state index in [0.717, 1.165) is 69.5 Å². The Bertz CT molecular complexity index is 335. The van der Waals surface area contributed by atoms with Crippen LogP contribution in [0.1, 0.15) is 81.6 Å².